The number of hydrogen-bond acceptors (Lipinski definition) is 5. The Labute approximate surface area is 148 Å². The topological polar surface area (TPSA) is 92.0 Å². The second kappa shape index (κ2) is 10.6. The SMILES string of the molecule is CCNC(=NCc1ccc([N+](=O)[O-])cc1)NCCCN1CCOCC1. The van der Waals surface area contributed by atoms with Crippen LogP contribution in [-0.4, -0.2) is 61.7 Å². The lowest BCUT2D eigenvalue weighted by molar-refractivity contribution is -0.384. The van der Waals surface area contributed by atoms with Crippen LogP contribution in [0.25, 0.3) is 0 Å². The number of nitrogens with zero attached hydrogens (tertiary/aromatic N) is 3. The molecule has 0 amide bonds. The van der Waals surface area contributed by atoms with Gasteiger partial charge < -0.3 is 15.4 Å². The van der Waals surface area contributed by atoms with Crippen molar-refractivity contribution in [2.45, 2.75) is 19.9 Å². The molecule has 1 aliphatic heterocycles. The van der Waals surface area contributed by atoms with Crippen LogP contribution in [0.5, 0.6) is 0 Å². The summed E-state index contributed by atoms with van der Waals surface area (Å²) in [5, 5.41) is 17.2. The number of morpholine rings is 1. The fraction of sp³-hybridized carbons (Fsp3) is 0.588. The second-order valence-corrected chi connectivity index (χ2v) is 5.85. The van der Waals surface area contributed by atoms with Crippen LogP contribution in [0.1, 0.15) is 18.9 Å². The molecule has 2 N–H and O–H groups in total. The van der Waals surface area contributed by atoms with Crippen LogP contribution >= 0.6 is 0 Å². The zero-order chi connectivity index (χ0) is 17.9. The molecule has 1 aromatic carbocycles. The Bertz CT molecular complexity index is 556. The summed E-state index contributed by atoms with van der Waals surface area (Å²) in [5.41, 5.74) is 1.04. The first-order valence-electron chi connectivity index (χ1n) is 8.74. The van der Waals surface area contributed by atoms with Gasteiger partial charge in [-0.3, -0.25) is 15.0 Å². The molecule has 25 heavy (non-hydrogen) atoms. The van der Waals surface area contributed by atoms with Gasteiger partial charge in [-0.05, 0) is 25.5 Å². The van der Waals surface area contributed by atoms with E-state index in [1.165, 1.54) is 12.1 Å². The molecule has 0 atom stereocenters. The van der Waals surface area contributed by atoms with Crippen molar-refractivity contribution >= 4 is 11.6 Å². The summed E-state index contributed by atoms with van der Waals surface area (Å²) in [6, 6.07) is 6.49. The van der Waals surface area contributed by atoms with Crippen LogP contribution in [0, 0.1) is 10.1 Å². The Morgan fingerprint density at radius 2 is 2.00 bits per heavy atom. The molecule has 0 bridgehead atoms. The summed E-state index contributed by atoms with van der Waals surface area (Å²) in [6.45, 7) is 8.87. The fourth-order valence-corrected chi connectivity index (χ4v) is 2.57. The number of non-ortho nitro benzene ring substituents is 1. The summed E-state index contributed by atoms with van der Waals surface area (Å²) in [6.07, 6.45) is 1.04. The van der Waals surface area contributed by atoms with Crippen LogP contribution in [0.15, 0.2) is 29.3 Å². The maximum atomic E-state index is 10.7. The Hall–Kier alpha value is -2.19. The van der Waals surface area contributed by atoms with E-state index in [9.17, 15) is 10.1 Å². The van der Waals surface area contributed by atoms with Gasteiger partial charge in [-0.15, -0.1) is 0 Å². The number of ether oxygens (including phenoxy) is 1. The molecule has 1 fully saturated rings. The van der Waals surface area contributed by atoms with Gasteiger partial charge in [0.25, 0.3) is 5.69 Å². The van der Waals surface area contributed by atoms with Crippen LogP contribution < -0.4 is 10.6 Å². The molecule has 1 aliphatic rings. The largest absolute Gasteiger partial charge is 0.379 e. The normalized spacial score (nSPS) is 15.8. The van der Waals surface area contributed by atoms with E-state index in [1.807, 2.05) is 6.92 Å². The van der Waals surface area contributed by atoms with E-state index >= 15 is 0 Å². The van der Waals surface area contributed by atoms with Gasteiger partial charge in [0.1, 0.15) is 0 Å². The van der Waals surface area contributed by atoms with E-state index in [-0.39, 0.29) is 5.69 Å². The maximum Gasteiger partial charge on any atom is 0.269 e. The highest BCUT2D eigenvalue weighted by Crippen LogP contribution is 2.12. The summed E-state index contributed by atoms with van der Waals surface area (Å²) in [7, 11) is 0. The summed E-state index contributed by atoms with van der Waals surface area (Å²) in [4.78, 5) is 17.2. The molecule has 1 heterocycles. The number of rotatable bonds is 8. The molecular weight excluding hydrogens is 322 g/mol. The van der Waals surface area contributed by atoms with Gasteiger partial charge in [-0.25, -0.2) is 4.99 Å². The zero-order valence-corrected chi connectivity index (χ0v) is 14.7. The molecule has 8 heteroatoms. The average Bonchev–Trinajstić information content (AvgIpc) is 2.64. The molecule has 0 radical (unpaired) electrons. The number of guanidine groups is 1. The Morgan fingerprint density at radius 3 is 2.64 bits per heavy atom. The smallest absolute Gasteiger partial charge is 0.269 e. The van der Waals surface area contributed by atoms with E-state index in [1.54, 1.807) is 12.1 Å². The molecule has 0 spiro atoms. The third-order valence-electron chi connectivity index (χ3n) is 3.96. The van der Waals surface area contributed by atoms with Crippen molar-refractivity contribution in [3.8, 4) is 0 Å². The monoisotopic (exact) mass is 349 g/mol. The first-order chi connectivity index (χ1) is 12.2. The molecule has 1 saturated heterocycles. The minimum absolute atomic E-state index is 0.0980. The predicted octanol–water partition coefficient (Wildman–Crippen LogP) is 1.37. The third-order valence-corrected chi connectivity index (χ3v) is 3.96. The summed E-state index contributed by atoms with van der Waals surface area (Å²) in [5.74, 6) is 0.767. The molecule has 138 valence electrons. The number of aliphatic imine (C=N–C) groups is 1. The molecule has 0 aromatic heterocycles. The zero-order valence-electron chi connectivity index (χ0n) is 14.7. The van der Waals surface area contributed by atoms with E-state index in [2.05, 4.69) is 20.5 Å². The third kappa shape index (κ3) is 7.06. The Morgan fingerprint density at radius 1 is 1.28 bits per heavy atom. The van der Waals surface area contributed by atoms with Gasteiger partial charge in [-0.1, -0.05) is 12.1 Å². The quantitative estimate of drug-likeness (QED) is 0.242. The maximum absolute atomic E-state index is 10.7. The standard InChI is InChI=1S/C17H27N5O3/c1-2-18-17(19-8-3-9-21-10-12-25-13-11-21)20-14-15-4-6-16(7-5-15)22(23)24/h4-7H,2-3,8-14H2,1H3,(H2,18,19,20). The van der Waals surface area contributed by atoms with Gasteiger partial charge in [0.2, 0.25) is 0 Å². The Balaban J connectivity index is 1.75. The molecule has 0 aliphatic carbocycles. The number of nitro groups is 1. The molecular formula is C17H27N5O3. The van der Waals surface area contributed by atoms with Gasteiger partial charge in [-0.2, -0.15) is 0 Å². The van der Waals surface area contributed by atoms with Crippen LogP contribution in [0.4, 0.5) is 5.69 Å². The van der Waals surface area contributed by atoms with Crippen molar-refractivity contribution < 1.29 is 9.66 Å². The van der Waals surface area contributed by atoms with Crippen molar-refractivity contribution in [3.63, 3.8) is 0 Å². The fourth-order valence-electron chi connectivity index (χ4n) is 2.57. The molecule has 1 aromatic rings. The summed E-state index contributed by atoms with van der Waals surface area (Å²) >= 11 is 0. The molecule has 0 unspecified atom stereocenters. The predicted molar refractivity (Wildman–Crippen MR) is 97.8 cm³/mol. The lowest BCUT2D eigenvalue weighted by Crippen LogP contribution is -2.40. The molecule has 0 saturated carbocycles. The lowest BCUT2D eigenvalue weighted by atomic mass is 10.2. The van der Waals surface area contributed by atoms with Crippen molar-refractivity contribution in [1.29, 1.82) is 0 Å². The average molecular weight is 349 g/mol. The number of nitrogens with one attached hydrogen (secondary N) is 2. The number of benzene rings is 1. The van der Waals surface area contributed by atoms with Gasteiger partial charge >= 0.3 is 0 Å². The molecule has 2 rings (SSSR count). The highest BCUT2D eigenvalue weighted by Gasteiger charge is 2.09. The number of hydrogen-bond donors (Lipinski definition) is 2. The van der Waals surface area contributed by atoms with Crippen LogP contribution in [-0.2, 0) is 11.3 Å². The van der Waals surface area contributed by atoms with Crippen LogP contribution in [0.3, 0.4) is 0 Å². The number of nitro benzene ring substituents is 1. The van der Waals surface area contributed by atoms with E-state index < -0.39 is 4.92 Å². The lowest BCUT2D eigenvalue weighted by Gasteiger charge is -2.26. The highest BCUT2D eigenvalue weighted by atomic mass is 16.6. The second-order valence-electron chi connectivity index (χ2n) is 5.85. The van der Waals surface area contributed by atoms with E-state index in [0.717, 1.165) is 63.9 Å². The van der Waals surface area contributed by atoms with Gasteiger partial charge in [0.05, 0.1) is 24.7 Å². The minimum Gasteiger partial charge on any atom is -0.379 e. The van der Waals surface area contributed by atoms with Gasteiger partial charge in [0, 0.05) is 38.3 Å². The first kappa shape index (κ1) is 19.1. The van der Waals surface area contributed by atoms with Crippen LogP contribution in [0.2, 0.25) is 0 Å². The Kier molecular flexibility index (Phi) is 8.14. The summed E-state index contributed by atoms with van der Waals surface area (Å²) < 4.78 is 5.35. The minimum atomic E-state index is -0.396. The van der Waals surface area contributed by atoms with E-state index in [4.69, 9.17) is 4.74 Å². The highest BCUT2D eigenvalue weighted by molar-refractivity contribution is 5.79. The van der Waals surface area contributed by atoms with Crippen molar-refractivity contribution in [1.82, 2.24) is 15.5 Å². The van der Waals surface area contributed by atoms with Crippen molar-refractivity contribution in [3.05, 3.63) is 39.9 Å². The first-order valence-corrected chi connectivity index (χ1v) is 8.74. The van der Waals surface area contributed by atoms with Crippen molar-refractivity contribution in [2.75, 3.05) is 45.9 Å². The van der Waals surface area contributed by atoms with Crippen molar-refractivity contribution in [2.24, 2.45) is 4.99 Å². The van der Waals surface area contributed by atoms with Gasteiger partial charge in [0.15, 0.2) is 5.96 Å². The van der Waals surface area contributed by atoms with E-state index in [0.29, 0.717) is 6.54 Å². The molecule has 8 nitrogen and oxygen atoms in total.